The molecule has 0 saturated carbocycles. The van der Waals surface area contributed by atoms with E-state index in [4.69, 9.17) is 5.11 Å². The molecule has 10 heavy (non-hydrogen) atoms. The predicted octanol–water partition coefficient (Wildman–Crippen LogP) is 0.757. The Morgan fingerprint density at radius 3 is 2.70 bits per heavy atom. The molecule has 2 heteroatoms. The maximum Gasteiger partial charge on any atom is 0.0446 e. The standard InChI is InChI=1S/C8H17NO/c1-8(2)4-5-9-7(8)3-6-10/h7,9-10H,3-6H2,1-2H3. The van der Waals surface area contributed by atoms with E-state index in [1.165, 1.54) is 6.42 Å². The van der Waals surface area contributed by atoms with Crippen molar-refractivity contribution >= 4 is 0 Å². The highest BCUT2D eigenvalue weighted by Gasteiger charge is 2.33. The largest absolute Gasteiger partial charge is 0.396 e. The highest BCUT2D eigenvalue weighted by Crippen LogP contribution is 2.31. The van der Waals surface area contributed by atoms with E-state index >= 15 is 0 Å². The molecule has 1 atom stereocenters. The first-order valence-corrected chi connectivity index (χ1v) is 4.01. The summed E-state index contributed by atoms with van der Waals surface area (Å²) in [5.74, 6) is 0. The van der Waals surface area contributed by atoms with Gasteiger partial charge in [0.05, 0.1) is 0 Å². The molecule has 1 fully saturated rings. The van der Waals surface area contributed by atoms with Crippen LogP contribution >= 0.6 is 0 Å². The number of rotatable bonds is 2. The molecular formula is C8H17NO. The lowest BCUT2D eigenvalue weighted by atomic mass is 9.83. The quantitative estimate of drug-likeness (QED) is 0.598. The van der Waals surface area contributed by atoms with E-state index in [0.717, 1.165) is 13.0 Å². The molecule has 0 aliphatic carbocycles. The van der Waals surface area contributed by atoms with Gasteiger partial charge in [0.25, 0.3) is 0 Å². The third-order valence-electron chi connectivity index (χ3n) is 2.52. The first-order chi connectivity index (χ1) is 4.67. The van der Waals surface area contributed by atoms with Gasteiger partial charge in [0.1, 0.15) is 0 Å². The summed E-state index contributed by atoms with van der Waals surface area (Å²) in [6.45, 7) is 5.93. The van der Waals surface area contributed by atoms with Gasteiger partial charge in [0.2, 0.25) is 0 Å². The minimum Gasteiger partial charge on any atom is -0.396 e. The van der Waals surface area contributed by atoms with Crippen molar-refractivity contribution in [1.82, 2.24) is 5.32 Å². The lowest BCUT2D eigenvalue weighted by Gasteiger charge is -2.25. The van der Waals surface area contributed by atoms with Crippen molar-refractivity contribution in [2.45, 2.75) is 32.7 Å². The molecule has 0 radical (unpaired) electrons. The molecule has 0 aromatic heterocycles. The Labute approximate surface area is 62.6 Å². The average molecular weight is 143 g/mol. The first-order valence-electron chi connectivity index (χ1n) is 4.01. The third-order valence-corrected chi connectivity index (χ3v) is 2.52. The highest BCUT2D eigenvalue weighted by molar-refractivity contribution is 4.90. The van der Waals surface area contributed by atoms with Gasteiger partial charge < -0.3 is 10.4 Å². The molecule has 1 heterocycles. The number of aliphatic hydroxyl groups is 1. The molecule has 0 aromatic carbocycles. The Balaban J connectivity index is 2.43. The van der Waals surface area contributed by atoms with E-state index in [0.29, 0.717) is 18.1 Å². The summed E-state index contributed by atoms with van der Waals surface area (Å²) in [5.41, 5.74) is 0.392. The molecule has 2 N–H and O–H groups in total. The fraction of sp³-hybridized carbons (Fsp3) is 1.00. The average Bonchev–Trinajstić information content (AvgIpc) is 2.13. The Hall–Kier alpha value is -0.0800. The highest BCUT2D eigenvalue weighted by atomic mass is 16.3. The molecular weight excluding hydrogens is 126 g/mol. The van der Waals surface area contributed by atoms with Crippen molar-refractivity contribution in [2.24, 2.45) is 5.41 Å². The van der Waals surface area contributed by atoms with Crippen LogP contribution in [0, 0.1) is 5.41 Å². The van der Waals surface area contributed by atoms with Gasteiger partial charge in [-0.3, -0.25) is 0 Å². The minimum absolute atomic E-state index is 0.307. The zero-order valence-corrected chi connectivity index (χ0v) is 6.85. The molecule has 0 amide bonds. The topological polar surface area (TPSA) is 32.3 Å². The minimum atomic E-state index is 0.307. The van der Waals surface area contributed by atoms with Gasteiger partial charge in [-0.15, -0.1) is 0 Å². The number of hydrogen-bond donors (Lipinski definition) is 2. The zero-order valence-electron chi connectivity index (χ0n) is 6.85. The van der Waals surface area contributed by atoms with E-state index in [1.807, 2.05) is 0 Å². The summed E-state index contributed by atoms with van der Waals surface area (Å²) < 4.78 is 0. The maximum absolute atomic E-state index is 8.72. The monoisotopic (exact) mass is 143 g/mol. The Morgan fingerprint density at radius 1 is 1.60 bits per heavy atom. The van der Waals surface area contributed by atoms with E-state index in [-0.39, 0.29) is 0 Å². The van der Waals surface area contributed by atoms with Gasteiger partial charge in [0.15, 0.2) is 0 Å². The summed E-state index contributed by atoms with van der Waals surface area (Å²) in [4.78, 5) is 0. The van der Waals surface area contributed by atoms with Crippen LogP contribution in [0.4, 0.5) is 0 Å². The van der Waals surface area contributed by atoms with E-state index in [1.54, 1.807) is 0 Å². The van der Waals surface area contributed by atoms with Crippen LogP contribution in [0.1, 0.15) is 26.7 Å². The van der Waals surface area contributed by atoms with Crippen LogP contribution < -0.4 is 5.32 Å². The van der Waals surface area contributed by atoms with Crippen molar-refractivity contribution in [3.8, 4) is 0 Å². The number of nitrogens with one attached hydrogen (secondary N) is 1. The van der Waals surface area contributed by atoms with Crippen molar-refractivity contribution in [2.75, 3.05) is 13.2 Å². The van der Waals surface area contributed by atoms with Gasteiger partial charge in [0, 0.05) is 12.6 Å². The zero-order chi connectivity index (χ0) is 7.61. The van der Waals surface area contributed by atoms with Crippen LogP contribution in [0.5, 0.6) is 0 Å². The lowest BCUT2D eigenvalue weighted by Crippen LogP contribution is -2.33. The van der Waals surface area contributed by atoms with Crippen molar-refractivity contribution in [1.29, 1.82) is 0 Å². The van der Waals surface area contributed by atoms with Gasteiger partial charge in [-0.1, -0.05) is 13.8 Å². The van der Waals surface area contributed by atoms with Crippen molar-refractivity contribution < 1.29 is 5.11 Å². The van der Waals surface area contributed by atoms with Crippen LogP contribution in [0.15, 0.2) is 0 Å². The fourth-order valence-corrected chi connectivity index (χ4v) is 1.64. The molecule has 0 aromatic rings. The van der Waals surface area contributed by atoms with Crippen LogP contribution in [0.25, 0.3) is 0 Å². The molecule has 1 rings (SSSR count). The van der Waals surface area contributed by atoms with E-state index in [9.17, 15) is 0 Å². The second kappa shape index (κ2) is 2.89. The first kappa shape index (κ1) is 8.02. The molecule has 0 spiro atoms. The molecule has 1 aliphatic heterocycles. The van der Waals surface area contributed by atoms with Crippen LogP contribution in [0.3, 0.4) is 0 Å². The van der Waals surface area contributed by atoms with Gasteiger partial charge in [-0.2, -0.15) is 0 Å². The van der Waals surface area contributed by atoms with Crippen molar-refractivity contribution in [3.05, 3.63) is 0 Å². The normalized spacial score (nSPS) is 30.9. The van der Waals surface area contributed by atoms with Crippen LogP contribution in [-0.2, 0) is 0 Å². The lowest BCUT2D eigenvalue weighted by molar-refractivity contribution is 0.222. The molecule has 1 aliphatic rings. The predicted molar refractivity (Wildman–Crippen MR) is 41.9 cm³/mol. The summed E-state index contributed by atoms with van der Waals surface area (Å²) in [5, 5.41) is 12.1. The molecule has 2 nitrogen and oxygen atoms in total. The third kappa shape index (κ3) is 1.50. The summed E-state index contributed by atoms with van der Waals surface area (Å²) >= 11 is 0. The van der Waals surface area contributed by atoms with E-state index < -0.39 is 0 Å². The second-order valence-corrected chi connectivity index (χ2v) is 3.76. The molecule has 0 bridgehead atoms. The second-order valence-electron chi connectivity index (χ2n) is 3.76. The summed E-state index contributed by atoms with van der Waals surface area (Å²) in [7, 11) is 0. The Kier molecular flexibility index (Phi) is 2.32. The van der Waals surface area contributed by atoms with Crippen molar-refractivity contribution in [3.63, 3.8) is 0 Å². The number of aliphatic hydroxyl groups excluding tert-OH is 1. The Bertz CT molecular complexity index is 112. The van der Waals surface area contributed by atoms with Crippen LogP contribution in [-0.4, -0.2) is 24.3 Å². The molecule has 60 valence electrons. The SMILES string of the molecule is CC1(C)CCNC1CCO. The fourth-order valence-electron chi connectivity index (χ4n) is 1.64. The molecule has 1 saturated heterocycles. The molecule has 1 unspecified atom stereocenters. The van der Waals surface area contributed by atoms with Crippen LogP contribution in [0.2, 0.25) is 0 Å². The number of hydrogen-bond acceptors (Lipinski definition) is 2. The smallest absolute Gasteiger partial charge is 0.0446 e. The maximum atomic E-state index is 8.72. The Morgan fingerprint density at radius 2 is 2.30 bits per heavy atom. The van der Waals surface area contributed by atoms with E-state index in [2.05, 4.69) is 19.2 Å². The summed E-state index contributed by atoms with van der Waals surface area (Å²) in [6, 6.07) is 0.525. The van der Waals surface area contributed by atoms with Gasteiger partial charge in [-0.05, 0) is 24.8 Å². The van der Waals surface area contributed by atoms with Gasteiger partial charge in [-0.25, -0.2) is 0 Å². The van der Waals surface area contributed by atoms with Gasteiger partial charge >= 0.3 is 0 Å². The summed E-state index contributed by atoms with van der Waals surface area (Å²) in [6.07, 6.45) is 2.13.